The fourth-order valence-corrected chi connectivity index (χ4v) is 5.37. The molecule has 12 nitrogen and oxygen atoms in total. The van der Waals surface area contributed by atoms with Gasteiger partial charge in [-0.05, 0) is 53.5 Å². The first-order valence-corrected chi connectivity index (χ1v) is 17.2. The number of rotatable bonds is 12. The van der Waals surface area contributed by atoms with Crippen molar-refractivity contribution in [1.29, 1.82) is 0 Å². The van der Waals surface area contributed by atoms with Crippen LogP contribution in [0.15, 0.2) is 128 Å². The molecule has 0 aliphatic carbocycles. The van der Waals surface area contributed by atoms with Gasteiger partial charge in [-0.2, -0.15) is 0 Å². The molecule has 0 unspecified atom stereocenters. The standard InChI is InChI=1S/C45H30N3O9.Ir/c1-52-34-10-4-28(5-11-34)40-19-16-37(25-46-40)55-43(49)31-22-32(44(50)56-38-17-20-41(47-26-38)29-6-12-35(53-2)13-7-29)24-33(23-31)45(51)57-39-18-21-42(48-27-39)30-8-14-36(54-3)15-9-30;/h4,6,8,10-27H,1-3H3;/q-3;+3. The van der Waals surface area contributed by atoms with Gasteiger partial charge < -0.3 is 43.4 Å². The van der Waals surface area contributed by atoms with Crippen molar-refractivity contribution in [2.75, 3.05) is 21.3 Å². The maximum Gasteiger partial charge on any atom is 3.00 e. The average Bonchev–Trinajstić information content (AvgIpc) is 3.27. The van der Waals surface area contributed by atoms with Gasteiger partial charge >= 0.3 is 38.0 Å². The van der Waals surface area contributed by atoms with Crippen molar-refractivity contribution in [2.45, 2.75) is 0 Å². The van der Waals surface area contributed by atoms with E-state index in [1.807, 2.05) is 0 Å². The van der Waals surface area contributed by atoms with Crippen molar-refractivity contribution in [2.24, 2.45) is 0 Å². The molecule has 0 amide bonds. The molecular weight excluding hydrogens is 919 g/mol. The summed E-state index contributed by atoms with van der Waals surface area (Å²) in [4.78, 5) is 53.7. The molecule has 0 spiro atoms. The molecule has 7 rings (SSSR count). The van der Waals surface area contributed by atoms with Crippen LogP contribution in [-0.2, 0) is 20.1 Å². The Kier molecular flexibility index (Phi) is 13.0. The molecule has 0 atom stereocenters. The van der Waals surface area contributed by atoms with E-state index in [0.717, 1.165) is 0 Å². The zero-order chi connectivity index (χ0) is 39.7. The van der Waals surface area contributed by atoms with Gasteiger partial charge in [0.05, 0.1) is 56.6 Å². The molecule has 0 aliphatic rings. The maximum atomic E-state index is 13.5. The summed E-state index contributed by atoms with van der Waals surface area (Å²) in [5.74, 6) is -0.299. The molecule has 3 aromatic heterocycles. The summed E-state index contributed by atoms with van der Waals surface area (Å²) < 4.78 is 32.3. The van der Waals surface area contributed by atoms with Crippen LogP contribution in [0.4, 0.5) is 0 Å². The van der Waals surface area contributed by atoms with Gasteiger partial charge in [0.2, 0.25) is 0 Å². The predicted molar refractivity (Wildman–Crippen MR) is 207 cm³/mol. The first-order valence-electron chi connectivity index (χ1n) is 17.2. The van der Waals surface area contributed by atoms with Crippen molar-refractivity contribution >= 4 is 17.9 Å². The van der Waals surface area contributed by atoms with Gasteiger partial charge in [0.25, 0.3) is 0 Å². The van der Waals surface area contributed by atoms with Crippen molar-refractivity contribution in [1.82, 2.24) is 15.0 Å². The Balaban J connectivity index is 0.00000567. The smallest absolute Gasteiger partial charge is 0.540 e. The normalized spacial score (nSPS) is 10.4. The summed E-state index contributed by atoms with van der Waals surface area (Å²) >= 11 is 0. The molecule has 0 saturated carbocycles. The molecular formula is C45H30IrN3O9. The third-order valence-corrected chi connectivity index (χ3v) is 8.37. The van der Waals surface area contributed by atoms with Gasteiger partial charge in [0.1, 0.15) is 17.2 Å². The van der Waals surface area contributed by atoms with Crippen LogP contribution in [0.2, 0.25) is 0 Å². The number of ether oxygens (including phenoxy) is 6. The minimum absolute atomic E-state index is 0. The monoisotopic (exact) mass is 949 g/mol. The fraction of sp³-hybridized carbons (Fsp3) is 0.0667. The summed E-state index contributed by atoms with van der Waals surface area (Å²) in [5.41, 5.74) is 3.48. The van der Waals surface area contributed by atoms with Gasteiger partial charge in [-0.3, -0.25) is 0 Å². The van der Waals surface area contributed by atoms with Crippen LogP contribution < -0.4 is 28.4 Å². The van der Waals surface area contributed by atoms with Crippen molar-refractivity contribution in [3.63, 3.8) is 0 Å². The molecule has 0 fully saturated rings. The predicted octanol–water partition coefficient (Wildman–Crippen LogP) is 7.95. The van der Waals surface area contributed by atoms with E-state index in [1.165, 1.54) is 36.8 Å². The van der Waals surface area contributed by atoms with Crippen LogP contribution in [0, 0.1) is 18.2 Å². The molecule has 4 aromatic carbocycles. The SMILES string of the molecule is COc1c[c-]c(-c2ccc(OC(=O)c3cc(C(=O)Oc4ccc(-c5[c-]cc(OC)cc5)nc4)cc(C(=O)Oc4ccc(-c5[c-]cc(OC)cc5)nc4)c3)cn2)cc1.[Ir+3]. The summed E-state index contributed by atoms with van der Waals surface area (Å²) in [6.45, 7) is 0. The maximum absolute atomic E-state index is 13.5. The van der Waals surface area contributed by atoms with Gasteiger partial charge in [0.15, 0.2) is 0 Å². The molecule has 0 N–H and O–H groups in total. The van der Waals surface area contributed by atoms with Crippen LogP contribution in [0.25, 0.3) is 33.8 Å². The summed E-state index contributed by atoms with van der Waals surface area (Å²) in [7, 11) is 4.69. The van der Waals surface area contributed by atoms with E-state index < -0.39 is 17.9 Å². The fourth-order valence-electron chi connectivity index (χ4n) is 5.37. The van der Waals surface area contributed by atoms with E-state index in [0.29, 0.717) is 51.0 Å². The van der Waals surface area contributed by atoms with Crippen LogP contribution in [-0.4, -0.2) is 54.2 Å². The number of carbonyl (C=O) groups is 3. The molecule has 288 valence electrons. The molecule has 0 saturated heterocycles. The Labute approximate surface area is 346 Å². The number of carbonyl (C=O) groups excluding carboxylic acids is 3. The summed E-state index contributed by atoms with van der Waals surface area (Å²) in [5, 5.41) is 0. The van der Waals surface area contributed by atoms with Crippen LogP contribution in [0.3, 0.4) is 0 Å². The van der Waals surface area contributed by atoms with Crippen LogP contribution in [0.1, 0.15) is 31.1 Å². The number of esters is 3. The number of nitrogens with zero attached hydrogens (tertiary/aromatic N) is 3. The van der Waals surface area contributed by atoms with E-state index in [1.54, 1.807) is 112 Å². The van der Waals surface area contributed by atoms with Gasteiger partial charge in [-0.15, -0.1) is 89.5 Å². The Hall–Kier alpha value is -7.21. The quantitative estimate of drug-likeness (QED) is 0.0866. The second kappa shape index (κ2) is 18.6. The summed E-state index contributed by atoms with van der Waals surface area (Å²) in [6, 6.07) is 38.5. The van der Waals surface area contributed by atoms with Crippen molar-refractivity contribution < 1.29 is 62.9 Å². The van der Waals surface area contributed by atoms with Gasteiger partial charge in [0, 0.05) is 17.2 Å². The number of methoxy groups -OCH3 is 3. The number of hydrogen-bond donors (Lipinski definition) is 0. The number of hydrogen-bond acceptors (Lipinski definition) is 12. The van der Waals surface area contributed by atoms with Crippen molar-refractivity contribution in [3.05, 3.63) is 163 Å². The second-order valence-electron chi connectivity index (χ2n) is 12.0. The van der Waals surface area contributed by atoms with Gasteiger partial charge in [-0.25, -0.2) is 14.4 Å². The zero-order valence-electron chi connectivity index (χ0n) is 31.0. The third-order valence-electron chi connectivity index (χ3n) is 8.37. The van der Waals surface area contributed by atoms with Crippen LogP contribution in [0.5, 0.6) is 34.5 Å². The van der Waals surface area contributed by atoms with E-state index in [-0.39, 0.29) is 54.0 Å². The average molecular weight is 949 g/mol. The van der Waals surface area contributed by atoms with E-state index in [2.05, 4.69) is 33.2 Å². The third kappa shape index (κ3) is 9.77. The Morgan fingerprint density at radius 1 is 0.414 bits per heavy atom. The Bertz CT molecular complexity index is 2220. The first-order chi connectivity index (χ1) is 27.8. The zero-order valence-corrected chi connectivity index (χ0v) is 33.4. The first kappa shape index (κ1) is 40.5. The van der Waals surface area contributed by atoms with Crippen LogP contribution >= 0.6 is 0 Å². The number of benzene rings is 4. The van der Waals surface area contributed by atoms with E-state index >= 15 is 0 Å². The molecule has 13 heteroatoms. The van der Waals surface area contributed by atoms with E-state index in [4.69, 9.17) is 28.4 Å². The molecule has 7 aromatic rings. The summed E-state index contributed by atoms with van der Waals surface area (Å²) in [6.07, 6.45) is 4.12. The molecule has 0 aliphatic heterocycles. The Morgan fingerprint density at radius 2 is 0.690 bits per heavy atom. The molecule has 3 heterocycles. The second-order valence-corrected chi connectivity index (χ2v) is 12.0. The minimum atomic E-state index is -0.868. The topological polar surface area (TPSA) is 145 Å². The number of pyridine rings is 3. The molecule has 58 heavy (non-hydrogen) atoms. The molecule has 0 bridgehead atoms. The number of aromatic nitrogens is 3. The Morgan fingerprint density at radius 3 is 0.897 bits per heavy atom. The van der Waals surface area contributed by atoms with Gasteiger partial charge in [-0.1, -0.05) is 18.2 Å². The molecule has 0 radical (unpaired) electrons. The van der Waals surface area contributed by atoms with Crippen molar-refractivity contribution in [3.8, 4) is 68.3 Å². The van der Waals surface area contributed by atoms with E-state index in [9.17, 15) is 14.4 Å². The minimum Gasteiger partial charge on any atom is -0.540 e. The largest absolute Gasteiger partial charge is 3.00 e.